The van der Waals surface area contributed by atoms with Crippen molar-refractivity contribution in [1.29, 1.82) is 0 Å². The zero-order chi connectivity index (χ0) is 42.5. The molecule has 0 amide bonds. The van der Waals surface area contributed by atoms with Gasteiger partial charge in [0, 0.05) is 27.5 Å². The van der Waals surface area contributed by atoms with Gasteiger partial charge in [-0.1, -0.05) is 139 Å². The summed E-state index contributed by atoms with van der Waals surface area (Å²) < 4.78 is 116. The number of furan rings is 1. The summed E-state index contributed by atoms with van der Waals surface area (Å²) in [6, 6.07) is 18.7. The smallest absolute Gasteiger partial charge is 0.164 e. The van der Waals surface area contributed by atoms with Gasteiger partial charge < -0.3 is 4.42 Å². The van der Waals surface area contributed by atoms with Crippen molar-refractivity contribution in [3.63, 3.8) is 0 Å². The molecule has 4 nitrogen and oxygen atoms in total. The van der Waals surface area contributed by atoms with Gasteiger partial charge in [-0.15, -0.1) is 0 Å². The molecule has 0 unspecified atom stereocenters. The summed E-state index contributed by atoms with van der Waals surface area (Å²) in [5.41, 5.74) is 1.40. The van der Waals surface area contributed by atoms with Crippen molar-refractivity contribution < 1.29 is 22.2 Å². The minimum Gasteiger partial charge on any atom is -0.456 e. The van der Waals surface area contributed by atoms with Crippen LogP contribution in [0.5, 0.6) is 0 Å². The Bertz CT molecular complexity index is 3260. The van der Waals surface area contributed by atoms with Crippen LogP contribution in [0, 0.1) is 0 Å². The quantitative estimate of drug-likeness (QED) is 0.193. The normalized spacial score (nSPS) is 15.3. The van der Waals surface area contributed by atoms with Crippen molar-refractivity contribution in [3.8, 4) is 56.4 Å². The highest BCUT2D eigenvalue weighted by Crippen LogP contribution is 2.38. The standard InChI is InChI=1S/C43H27N3O/c1-3-10-28(11-4-1)31-18-21-32(22-19-31)41-44-42(35-23-20-30-14-7-8-15-33(30)26-35)46-43(45-41)37-16-9-17-38-40(37)36-25-24-34(27-39(36)47-38)29-12-5-2-6-13-29/h1-27H/i1D,2D,3D,4D,5D,6D,10D,11D,12D,13D,16D,24D,27D. The molecule has 9 rings (SSSR count). The summed E-state index contributed by atoms with van der Waals surface area (Å²) in [7, 11) is 0. The van der Waals surface area contributed by atoms with E-state index in [1.165, 1.54) is 12.1 Å². The molecule has 0 aliphatic heterocycles. The number of fused-ring (bicyclic) bond motifs is 4. The number of nitrogens with zero attached hydrogens (tertiary/aromatic N) is 3. The largest absolute Gasteiger partial charge is 0.456 e. The fourth-order valence-corrected chi connectivity index (χ4v) is 5.58. The van der Waals surface area contributed by atoms with E-state index in [9.17, 15) is 1.37 Å². The number of hydrogen-bond acceptors (Lipinski definition) is 4. The van der Waals surface area contributed by atoms with Crippen molar-refractivity contribution in [1.82, 2.24) is 15.0 Å². The summed E-state index contributed by atoms with van der Waals surface area (Å²) in [6.07, 6.45) is 0. The van der Waals surface area contributed by atoms with E-state index < -0.39 is 48.3 Å². The van der Waals surface area contributed by atoms with Crippen molar-refractivity contribution in [2.75, 3.05) is 0 Å². The summed E-state index contributed by atoms with van der Waals surface area (Å²) in [6.45, 7) is 0. The predicted molar refractivity (Wildman–Crippen MR) is 192 cm³/mol. The van der Waals surface area contributed by atoms with Gasteiger partial charge in [-0.25, -0.2) is 15.0 Å². The molecule has 0 radical (unpaired) electrons. The predicted octanol–water partition coefficient (Wildman–Crippen LogP) is 11.3. The Labute approximate surface area is 289 Å². The Morgan fingerprint density at radius 3 is 1.85 bits per heavy atom. The first-order valence-electron chi connectivity index (χ1n) is 21.1. The van der Waals surface area contributed by atoms with Crippen LogP contribution in [-0.2, 0) is 0 Å². The Balaban J connectivity index is 1.27. The molecule has 0 bridgehead atoms. The SMILES string of the molecule is [2H]c1cc2c(oc3ccc([2H])c(-c4nc(-c5ccc(-c6c([2H])c([2H])c([2H])c([2H])c6[2H])cc5)nc(-c5ccc6ccccc6c5)n4)c32)c([2H])c1-c1c([2H])c([2H])c([2H])c([2H])c1[2H]. The Morgan fingerprint density at radius 1 is 0.447 bits per heavy atom. The highest BCUT2D eigenvalue weighted by molar-refractivity contribution is 6.12. The van der Waals surface area contributed by atoms with E-state index in [-0.39, 0.29) is 86.5 Å². The molecule has 0 aliphatic carbocycles. The van der Waals surface area contributed by atoms with E-state index in [4.69, 9.17) is 35.8 Å². The molecule has 0 aliphatic rings. The molecule has 9 aromatic rings. The van der Waals surface area contributed by atoms with Gasteiger partial charge in [0.25, 0.3) is 0 Å². The van der Waals surface area contributed by atoms with E-state index in [0.29, 0.717) is 22.1 Å². The molecule has 4 heteroatoms. The van der Waals surface area contributed by atoms with Crippen molar-refractivity contribution in [2.45, 2.75) is 0 Å². The van der Waals surface area contributed by atoms with Crippen LogP contribution in [0.4, 0.5) is 0 Å². The second kappa shape index (κ2) is 11.2. The maximum Gasteiger partial charge on any atom is 0.164 e. The van der Waals surface area contributed by atoms with E-state index in [2.05, 4.69) is 0 Å². The topological polar surface area (TPSA) is 51.8 Å². The number of benzene rings is 7. The maximum atomic E-state index is 9.17. The molecular weight excluding hydrogens is 574 g/mol. The lowest BCUT2D eigenvalue weighted by atomic mass is 10.0. The van der Waals surface area contributed by atoms with Gasteiger partial charge in [0.1, 0.15) is 11.2 Å². The van der Waals surface area contributed by atoms with E-state index in [1.54, 1.807) is 30.3 Å². The van der Waals surface area contributed by atoms with Crippen LogP contribution in [0.25, 0.3) is 89.1 Å². The first-order chi connectivity index (χ1) is 28.7. The van der Waals surface area contributed by atoms with Gasteiger partial charge >= 0.3 is 0 Å². The molecule has 0 N–H and O–H groups in total. The lowest BCUT2D eigenvalue weighted by Gasteiger charge is -2.10. The van der Waals surface area contributed by atoms with Gasteiger partial charge in [0.15, 0.2) is 17.5 Å². The lowest BCUT2D eigenvalue weighted by Crippen LogP contribution is -2.00. The van der Waals surface area contributed by atoms with Crippen LogP contribution in [0.3, 0.4) is 0 Å². The van der Waals surface area contributed by atoms with Gasteiger partial charge in [0.2, 0.25) is 0 Å². The molecule has 7 aromatic carbocycles. The number of hydrogen-bond donors (Lipinski definition) is 0. The van der Waals surface area contributed by atoms with Crippen LogP contribution < -0.4 is 0 Å². The van der Waals surface area contributed by atoms with Crippen LogP contribution in [0.2, 0.25) is 0 Å². The highest BCUT2D eigenvalue weighted by atomic mass is 16.3. The third-order valence-corrected chi connectivity index (χ3v) is 7.83. The molecule has 0 saturated heterocycles. The van der Waals surface area contributed by atoms with Crippen molar-refractivity contribution in [2.24, 2.45) is 0 Å². The first-order valence-corrected chi connectivity index (χ1v) is 14.6. The third-order valence-electron chi connectivity index (χ3n) is 7.83. The Hall–Kier alpha value is -6.39. The summed E-state index contributed by atoms with van der Waals surface area (Å²) in [5.74, 6) is 0.500. The zero-order valence-corrected chi connectivity index (χ0v) is 24.3. The number of rotatable bonds is 5. The van der Waals surface area contributed by atoms with Gasteiger partial charge in [-0.05, 0) is 57.3 Å². The van der Waals surface area contributed by atoms with E-state index in [0.717, 1.165) is 10.8 Å². The fourth-order valence-electron chi connectivity index (χ4n) is 5.58. The van der Waals surface area contributed by atoms with Crippen molar-refractivity contribution in [3.05, 3.63) is 163 Å². The van der Waals surface area contributed by atoms with Crippen LogP contribution in [0.15, 0.2) is 168 Å². The highest BCUT2D eigenvalue weighted by Gasteiger charge is 2.18. The molecule has 0 spiro atoms. The molecule has 47 heavy (non-hydrogen) atoms. The molecule has 2 heterocycles. The number of aromatic nitrogens is 3. The van der Waals surface area contributed by atoms with Crippen LogP contribution >= 0.6 is 0 Å². The molecule has 2 aromatic heterocycles. The summed E-state index contributed by atoms with van der Waals surface area (Å²) in [5, 5.41) is 2.47. The average molecular weight is 615 g/mol. The van der Waals surface area contributed by atoms with Gasteiger partial charge in [0.05, 0.1) is 17.8 Å². The summed E-state index contributed by atoms with van der Waals surface area (Å²) in [4.78, 5) is 14.6. The van der Waals surface area contributed by atoms with Crippen LogP contribution in [0.1, 0.15) is 17.8 Å². The van der Waals surface area contributed by atoms with E-state index in [1.807, 2.05) is 42.5 Å². The molecule has 0 saturated carbocycles. The first kappa shape index (κ1) is 16.8. The van der Waals surface area contributed by atoms with E-state index >= 15 is 0 Å². The molecule has 0 atom stereocenters. The molecule has 220 valence electrons. The monoisotopic (exact) mass is 614 g/mol. The zero-order valence-electron chi connectivity index (χ0n) is 37.3. The maximum absolute atomic E-state index is 9.17. The minimum absolute atomic E-state index is 0.0175. The Morgan fingerprint density at radius 2 is 1.09 bits per heavy atom. The van der Waals surface area contributed by atoms with Crippen LogP contribution in [-0.4, -0.2) is 15.0 Å². The van der Waals surface area contributed by atoms with Crippen molar-refractivity contribution >= 4 is 32.7 Å². The summed E-state index contributed by atoms with van der Waals surface area (Å²) >= 11 is 0. The fraction of sp³-hybridized carbons (Fsp3) is 0. The lowest BCUT2D eigenvalue weighted by molar-refractivity contribution is 0.669. The van der Waals surface area contributed by atoms with Gasteiger partial charge in [-0.2, -0.15) is 0 Å². The Kier molecular flexibility index (Phi) is 4.00. The molecular formula is C43H27N3O. The molecule has 0 fully saturated rings. The second-order valence-corrected chi connectivity index (χ2v) is 10.7. The third kappa shape index (κ3) is 4.93. The average Bonchev–Trinajstić information content (AvgIpc) is 3.63. The van der Waals surface area contributed by atoms with Gasteiger partial charge in [-0.3, -0.25) is 0 Å². The second-order valence-electron chi connectivity index (χ2n) is 10.7. The minimum atomic E-state index is -0.604.